The molecule has 140 valence electrons. The van der Waals surface area contributed by atoms with Crippen molar-refractivity contribution in [1.29, 1.82) is 0 Å². The molecule has 0 N–H and O–H groups in total. The normalized spacial score (nSPS) is 11.9. The molecule has 28 heavy (non-hydrogen) atoms. The molecule has 0 fully saturated rings. The van der Waals surface area contributed by atoms with Crippen LogP contribution in [-0.4, -0.2) is 17.1 Å². The highest BCUT2D eigenvalue weighted by Gasteiger charge is 2.25. The lowest BCUT2D eigenvalue weighted by atomic mass is 10.1. The van der Waals surface area contributed by atoms with Crippen LogP contribution in [0.25, 0.3) is 16.5 Å². The molecule has 0 amide bonds. The Labute approximate surface area is 163 Å². The Kier molecular flexibility index (Phi) is 5.11. The Morgan fingerprint density at radius 1 is 0.893 bits per heavy atom. The first-order chi connectivity index (χ1) is 13.8. The highest BCUT2D eigenvalue weighted by molar-refractivity contribution is 5.87. The van der Waals surface area contributed by atoms with Crippen molar-refractivity contribution in [2.75, 3.05) is 6.61 Å². The minimum atomic E-state index is -0.836. The summed E-state index contributed by atoms with van der Waals surface area (Å²) in [5, 5.41) is 2.15. The molecule has 0 spiro atoms. The Bertz CT molecular complexity index is 1070. The maximum atomic E-state index is 12.7. The second-order valence-corrected chi connectivity index (χ2v) is 6.42. The van der Waals surface area contributed by atoms with Crippen LogP contribution < -0.4 is 4.74 Å². The number of rotatable bonds is 6. The van der Waals surface area contributed by atoms with E-state index in [2.05, 4.69) is 12.1 Å². The topological polar surface area (TPSA) is 40.5 Å². The molecule has 1 heterocycles. The number of benzene rings is 3. The first-order valence-corrected chi connectivity index (χ1v) is 9.30. The van der Waals surface area contributed by atoms with E-state index in [1.807, 2.05) is 83.7 Å². The van der Waals surface area contributed by atoms with Crippen LogP contribution in [0.2, 0.25) is 0 Å². The number of esters is 1. The van der Waals surface area contributed by atoms with Crippen molar-refractivity contribution in [1.82, 2.24) is 4.57 Å². The van der Waals surface area contributed by atoms with E-state index in [1.165, 1.54) is 0 Å². The SMILES string of the molecule is CCOC(=O)C(Oc1cc2ccccc2cc1-n1cccc1)c1ccccc1. The number of ether oxygens (including phenoxy) is 2. The molecule has 1 aromatic heterocycles. The lowest BCUT2D eigenvalue weighted by Crippen LogP contribution is -2.22. The van der Waals surface area contributed by atoms with E-state index in [-0.39, 0.29) is 0 Å². The number of fused-ring (bicyclic) bond motifs is 1. The molecule has 0 aliphatic rings. The highest BCUT2D eigenvalue weighted by Crippen LogP contribution is 2.33. The zero-order valence-corrected chi connectivity index (χ0v) is 15.6. The molecule has 4 aromatic rings. The van der Waals surface area contributed by atoms with Crippen LogP contribution in [0, 0.1) is 0 Å². The van der Waals surface area contributed by atoms with Crippen molar-refractivity contribution in [2.24, 2.45) is 0 Å². The summed E-state index contributed by atoms with van der Waals surface area (Å²) in [7, 11) is 0. The Morgan fingerprint density at radius 2 is 1.54 bits per heavy atom. The van der Waals surface area contributed by atoms with Crippen molar-refractivity contribution >= 4 is 16.7 Å². The molecule has 4 rings (SSSR count). The van der Waals surface area contributed by atoms with Crippen LogP contribution >= 0.6 is 0 Å². The number of hydrogen-bond donors (Lipinski definition) is 0. The number of nitrogens with zero attached hydrogens (tertiary/aromatic N) is 1. The van der Waals surface area contributed by atoms with E-state index >= 15 is 0 Å². The fraction of sp³-hybridized carbons (Fsp3) is 0.125. The maximum absolute atomic E-state index is 12.7. The summed E-state index contributed by atoms with van der Waals surface area (Å²) in [6.45, 7) is 2.09. The molecular formula is C24H21NO3. The van der Waals surface area contributed by atoms with Crippen molar-refractivity contribution in [3.8, 4) is 11.4 Å². The average molecular weight is 371 g/mol. The summed E-state index contributed by atoms with van der Waals surface area (Å²) in [6, 6.07) is 25.5. The second-order valence-electron chi connectivity index (χ2n) is 6.42. The van der Waals surface area contributed by atoms with E-state index in [0.29, 0.717) is 12.4 Å². The highest BCUT2D eigenvalue weighted by atomic mass is 16.6. The standard InChI is InChI=1S/C24H21NO3/c1-2-27-24(26)23(18-10-4-3-5-11-18)28-22-17-20-13-7-6-12-19(20)16-21(22)25-14-8-9-15-25/h3-17,23H,2H2,1H3. The summed E-state index contributed by atoms with van der Waals surface area (Å²) >= 11 is 0. The van der Waals surface area contributed by atoms with E-state index in [0.717, 1.165) is 22.0 Å². The molecule has 1 atom stereocenters. The van der Waals surface area contributed by atoms with Gasteiger partial charge in [0.2, 0.25) is 6.10 Å². The number of carbonyl (C=O) groups excluding carboxylic acids is 1. The predicted molar refractivity (Wildman–Crippen MR) is 110 cm³/mol. The van der Waals surface area contributed by atoms with Gasteiger partial charge in [-0.25, -0.2) is 4.79 Å². The average Bonchev–Trinajstić information content (AvgIpc) is 3.27. The fourth-order valence-corrected chi connectivity index (χ4v) is 3.22. The molecular weight excluding hydrogens is 350 g/mol. The van der Waals surface area contributed by atoms with E-state index in [1.54, 1.807) is 6.92 Å². The van der Waals surface area contributed by atoms with Gasteiger partial charge in [0.25, 0.3) is 0 Å². The number of carbonyl (C=O) groups is 1. The van der Waals surface area contributed by atoms with Crippen LogP contribution in [0.1, 0.15) is 18.6 Å². The molecule has 0 aliphatic carbocycles. The second kappa shape index (κ2) is 8.01. The monoisotopic (exact) mass is 371 g/mol. The quantitative estimate of drug-likeness (QED) is 0.431. The Balaban J connectivity index is 1.81. The number of aromatic nitrogens is 1. The summed E-state index contributed by atoms with van der Waals surface area (Å²) < 4.78 is 13.5. The van der Waals surface area contributed by atoms with E-state index in [9.17, 15) is 4.79 Å². The maximum Gasteiger partial charge on any atom is 0.352 e. The third-order valence-corrected chi connectivity index (χ3v) is 4.56. The molecule has 3 aromatic carbocycles. The van der Waals surface area contributed by atoms with Crippen molar-refractivity contribution < 1.29 is 14.3 Å². The van der Waals surface area contributed by atoms with Gasteiger partial charge < -0.3 is 14.0 Å². The Morgan fingerprint density at radius 3 is 2.21 bits per heavy atom. The van der Waals surface area contributed by atoms with Crippen LogP contribution in [-0.2, 0) is 9.53 Å². The van der Waals surface area contributed by atoms with Gasteiger partial charge in [-0.15, -0.1) is 0 Å². The van der Waals surface area contributed by atoms with Gasteiger partial charge in [0.15, 0.2) is 0 Å². The van der Waals surface area contributed by atoms with E-state index in [4.69, 9.17) is 9.47 Å². The van der Waals surface area contributed by atoms with Gasteiger partial charge in [-0.2, -0.15) is 0 Å². The van der Waals surface area contributed by atoms with Crippen molar-refractivity contribution in [3.05, 3.63) is 96.8 Å². The predicted octanol–water partition coefficient (Wildman–Crippen LogP) is 5.31. The van der Waals surface area contributed by atoms with Crippen LogP contribution in [0.15, 0.2) is 91.3 Å². The molecule has 0 saturated carbocycles. The molecule has 4 nitrogen and oxygen atoms in total. The summed E-state index contributed by atoms with van der Waals surface area (Å²) in [4.78, 5) is 12.7. The van der Waals surface area contributed by atoms with Gasteiger partial charge >= 0.3 is 5.97 Å². The van der Waals surface area contributed by atoms with Gasteiger partial charge in [0, 0.05) is 18.0 Å². The van der Waals surface area contributed by atoms with Gasteiger partial charge in [-0.05, 0) is 42.0 Å². The first kappa shape index (κ1) is 17.9. The number of hydrogen-bond acceptors (Lipinski definition) is 3. The molecule has 0 saturated heterocycles. The Hall–Kier alpha value is -3.53. The largest absolute Gasteiger partial charge is 0.472 e. The van der Waals surface area contributed by atoms with Crippen LogP contribution in [0.5, 0.6) is 5.75 Å². The minimum absolute atomic E-state index is 0.299. The molecule has 0 bridgehead atoms. The summed E-state index contributed by atoms with van der Waals surface area (Å²) in [6.07, 6.45) is 3.08. The molecule has 1 unspecified atom stereocenters. The van der Waals surface area contributed by atoms with Crippen molar-refractivity contribution in [2.45, 2.75) is 13.0 Å². The fourth-order valence-electron chi connectivity index (χ4n) is 3.22. The zero-order chi connectivity index (χ0) is 19.3. The van der Waals surface area contributed by atoms with Gasteiger partial charge in [0.05, 0.1) is 12.3 Å². The smallest absolute Gasteiger partial charge is 0.352 e. The van der Waals surface area contributed by atoms with Crippen LogP contribution in [0.3, 0.4) is 0 Å². The molecule has 0 radical (unpaired) electrons. The first-order valence-electron chi connectivity index (χ1n) is 9.30. The van der Waals surface area contributed by atoms with Gasteiger partial charge in [-0.1, -0.05) is 54.6 Å². The third-order valence-electron chi connectivity index (χ3n) is 4.56. The lowest BCUT2D eigenvalue weighted by Gasteiger charge is -2.21. The van der Waals surface area contributed by atoms with Crippen LogP contribution in [0.4, 0.5) is 0 Å². The lowest BCUT2D eigenvalue weighted by molar-refractivity contribution is -0.151. The third kappa shape index (κ3) is 3.62. The zero-order valence-electron chi connectivity index (χ0n) is 15.6. The van der Waals surface area contributed by atoms with Gasteiger partial charge in [-0.3, -0.25) is 0 Å². The summed E-state index contributed by atoms with van der Waals surface area (Å²) in [5.74, 6) is 0.220. The van der Waals surface area contributed by atoms with Gasteiger partial charge in [0.1, 0.15) is 5.75 Å². The molecule has 0 aliphatic heterocycles. The summed E-state index contributed by atoms with van der Waals surface area (Å²) in [5.41, 5.74) is 1.63. The van der Waals surface area contributed by atoms with Crippen molar-refractivity contribution in [3.63, 3.8) is 0 Å². The molecule has 4 heteroatoms. The van der Waals surface area contributed by atoms with E-state index < -0.39 is 12.1 Å². The minimum Gasteiger partial charge on any atom is -0.472 e.